The van der Waals surface area contributed by atoms with Crippen molar-refractivity contribution < 1.29 is 0 Å². The molecule has 0 aliphatic carbocycles. The van der Waals surface area contributed by atoms with Crippen LogP contribution in [0.3, 0.4) is 0 Å². The second-order valence-electron chi connectivity index (χ2n) is 4.16. The van der Waals surface area contributed by atoms with Crippen molar-refractivity contribution >= 4 is 5.69 Å². The summed E-state index contributed by atoms with van der Waals surface area (Å²) >= 11 is 0. The zero-order valence-electron chi connectivity index (χ0n) is 8.72. The van der Waals surface area contributed by atoms with Gasteiger partial charge in [0.15, 0.2) is 0 Å². The van der Waals surface area contributed by atoms with Gasteiger partial charge in [-0.05, 0) is 49.4 Å². The molecule has 1 aromatic rings. The average Bonchev–Trinajstić information content (AvgIpc) is 2.23. The van der Waals surface area contributed by atoms with Crippen molar-refractivity contribution in [2.45, 2.75) is 25.7 Å². The predicted octanol–water partition coefficient (Wildman–Crippen LogP) is 2.04. The summed E-state index contributed by atoms with van der Waals surface area (Å²) in [5.74, 6) is 0.683. The Balaban J connectivity index is 2.18. The van der Waals surface area contributed by atoms with Crippen LogP contribution in [-0.4, -0.2) is 13.1 Å². The minimum absolute atomic E-state index is 0.683. The molecule has 1 heterocycles. The van der Waals surface area contributed by atoms with Gasteiger partial charge < -0.3 is 11.1 Å². The van der Waals surface area contributed by atoms with Crippen molar-refractivity contribution in [3.63, 3.8) is 0 Å². The van der Waals surface area contributed by atoms with Gasteiger partial charge >= 0.3 is 0 Å². The summed E-state index contributed by atoms with van der Waals surface area (Å²) in [5.41, 5.74) is 9.34. The van der Waals surface area contributed by atoms with Gasteiger partial charge in [-0.15, -0.1) is 0 Å². The van der Waals surface area contributed by atoms with E-state index in [4.69, 9.17) is 5.73 Å². The number of rotatable bonds is 1. The molecule has 1 unspecified atom stereocenters. The van der Waals surface area contributed by atoms with Crippen LogP contribution >= 0.6 is 0 Å². The number of hydrogen-bond acceptors (Lipinski definition) is 2. The molecule has 3 N–H and O–H groups in total. The molecule has 1 aliphatic rings. The Hall–Kier alpha value is -1.02. The Morgan fingerprint density at radius 2 is 2.29 bits per heavy atom. The fraction of sp³-hybridized carbons (Fsp3) is 0.500. The lowest BCUT2D eigenvalue weighted by Crippen LogP contribution is -2.28. The van der Waals surface area contributed by atoms with Crippen LogP contribution in [0.2, 0.25) is 0 Å². The first-order chi connectivity index (χ1) is 6.77. The summed E-state index contributed by atoms with van der Waals surface area (Å²) in [6.07, 6.45) is 2.59. The van der Waals surface area contributed by atoms with Crippen LogP contribution in [-0.2, 0) is 0 Å². The third kappa shape index (κ3) is 1.90. The van der Waals surface area contributed by atoms with E-state index in [0.717, 1.165) is 12.2 Å². The SMILES string of the molecule is Cc1cc(C2CCCNC2)ccc1N. The molecule has 1 saturated heterocycles. The zero-order valence-corrected chi connectivity index (χ0v) is 8.72. The third-order valence-electron chi connectivity index (χ3n) is 3.06. The van der Waals surface area contributed by atoms with E-state index < -0.39 is 0 Å². The summed E-state index contributed by atoms with van der Waals surface area (Å²) < 4.78 is 0. The highest BCUT2D eigenvalue weighted by Crippen LogP contribution is 2.25. The number of nitrogens with one attached hydrogen (secondary N) is 1. The zero-order chi connectivity index (χ0) is 9.97. The number of nitrogens with two attached hydrogens (primary N) is 1. The van der Waals surface area contributed by atoms with Gasteiger partial charge in [0.2, 0.25) is 0 Å². The van der Waals surface area contributed by atoms with Gasteiger partial charge in [0.1, 0.15) is 0 Å². The second kappa shape index (κ2) is 4.01. The Morgan fingerprint density at radius 1 is 1.43 bits per heavy atom. The monoisotopic (exact) mass is 190 g/mol. The van der Waals surface area contributed by atoms with Crippen molar-refractivity contribution in [2.24, 2.45) is 0 Å². The summed E-state index contributed by atoms with van der Waals surface area (Å²) in [5, 5.41) is 3.44. The van der Waals surface area contributed by atoms with Crippen molar-refractivity contribution in [3.8, 4) is 0 Å². The molecule has 2 heteroatoms. The van der Waals surface area contributed by atoms with E-state index in [2.05, 4.69) is 24.4 Å². The topological polar surface area (TPSA) is 38.0 Å². The lowest BCUT2D eigenvalue weighted by Gasteiger charge is -2.23. The Bertz CT molecular complexity index is 314. The van der Waals surface area contributed by atoms with Gasteiger partial charge in [0.05, 0.1) is 0 Å². The van der Waals surface area contributed by atoms with Gasteiger partial charge in [-0.1, -0.05) is 12.1 Å². The van der Waals surface area contributed by atoms with Crippen molar-refractivity contribution in [1.29, 1.82) is 0 Å². The summed E-state index contributed by atoms with van der Waals surface area (Å²) in [4.78, 5) is 0. The lowest BCUT2D eigenvalue weighted by atomic mass is 9.90. The fourth-order valence-corrected chi connectivity index (χ4v) is 2.09. The Morgan fingerprint density at radius 3 is 2.93 bits per heavy atom. The first kappa shape index (κ1) is 9.53. The van der Waals surface area contributed by atoms with Crippen LogP contribution in [0.15, 0.2) is 18.2 Å². The van der Waals surface area contributed by atoms with E-state index in [1.165, 1.54) is 30.5 Å². The summed E-state index contributed by atoms with van der Waals surface area (Å²) in [6, 6.07) is 6.42. The van der Waals surface area contributed by atoms with E-state index >= 15 is 0 Å². The van der Waals surface area contributed by atoms with Crippen LogP contribution < -0.4 is 11.1 Å². The molecule has 0 aromatic heterocycles. The number of nitrogen functional groups attached to an aromatic ring is 1. The van der Waals surface area contributed by atoms with E-state index in [9.17, 15) is 0 Å². The molecule has 76 valence electrons. The van der Waals surface area contributed by atoms with E-state index in [1.807, 2.05) is 6.07 Å². The maximum absolute atomic E-state index is 5.80. The molecule has 1 aliphatic heterocycles. The van der Waals surface area contributed by atoms with E-state index in [-0.39, 0.29) is 0 Å². The number of hydrogen-bond donors (Lipinski definition) is 2. The highest BCUT2D eigenvalue weighted by Gasteiger charge is 2.14. The van der Waals surface area contributed by atoms with Crippen molar-refractivity contribution in [2.75, 3.05) is 18.8 Å². The summed E-state index contributed by atoms with van der Waals surface area (Å²) in [7, 11) is 0. The van der Waals surface area contributed by atoms with Crippen LogP contribution in [0.5, 0.6) is 0 Å². The van der Waals surface area contributed by atoms with Crippen LogP contribution in [0, 0.1) is 6.92 Å². The molecule has 0 bridgehead atoms. The minimum Gasteiger partial charge on any atom is -0.399 e. The predicted molar refractivity (Wildman–Crippen MR) is 60.4 cm³/mol. The second-order valence-corrected chi connectivity index (χ2v) is 4.16. The molecular formula is C12H18N2. The van der Waals surface area contributed by atoms with Crippen LogP contribution in [0.25, 0.3) is 0 Å². The average molecular weight is 190 g/mol. The molecule has 0 spiro atoms. The van der Waals surface area contributed by atoms with Crippen LogP contribution in [0.1, 0.15) is 29.9 Å². The molecule has 1 fully saturated rings. The number of benzene rings is 1. The molecule has 2 nitrogen and oxygen atoms in total. The van der Waals surface area contributed by atoms with Gasteiger partial charge in [0, 0.05) is 12.2 Å². The Labute approximate surface area is 85.5 Å². The minimum atomic E-state index is 0.683. The standard InChI is InChI=1S/C12H18N2/c1-9-7-10(4-5-12(9)13)11-3-2-6-14-8-11/h4-5,7,11,14H,2-3,6,8,13H2,1H3. The first-order valence-corrected chi connectivity index (χ1v) is 5.34. The maximum atomic E-state index is 5.80. The van der Waals surface area contributed by atoms with Gasteiger partial charge in [-0.3, -0.25) is 0 Å². The molecular weight excluding hydrogens is 172 g/mol. The Kier molecular flexibility index (Phi) is 2.73. The molecule has 2 rings (SSSR count). The quantitative estimate of drug-likeness (QED) is 0.665. The molecule has 1 aromatic carbocycles. The van der Waals surface area contributed by atoms with Gasteiger partial charge in [-0.25, -0.2) is 0 Å². The van der Waals surface area contributed by atoms with E-state index in [1.54, 1.807) is 0 Å². The smallest absolute Gasteiger partial charge is 0.0343 e. The molecule has 0 amide bonds. The highest BCUT2D eigenvalue weighted by atomic mass is 14.9. The lowest BCUT2D eigenvalue weighted by molar-refractivity contribution is 0.461. The number of anilines is 1. The largest absolute Gasteiger partial charge is 0.399 e. The number of aryl methyl sites for hydroxylation is 1. The molecule has 1 atom stereocenters. The molecule has 0 radical (unpaired) electrons. The van der Waals surface area contributed by atoms with Gasteiger partial charge in [0.25, 0.3) is 0 Å². The van der Waals surface area contributed by atoms with Crippen LogP contribution in [0.4, 0.5) is 5.69 Å². The highest BCUT2D eigenvalue weighted by molar-refractivity contribution is 5.48. The maximum Gasteiger partial charge on any atom is 0.0343 e. The summed E-state index contributed by atoms with van der Waals surface area (Å²) in [6.45, 7) is 4.36. The normalized spacial score (nSPS) is 22.2. The third-order valence-corrected chi connectivity index (χ3v) is 3.06. The van der Waals surface area contributed by atoms with Crippen molar-refractivity contribution in [1.82, 2.24) is 5.32 Å². The molecule has 14 heavy (non-hydrogen) atoms. The van der Waals surface area contributed by atoms with Crippen molar-refractivity contribution in [3.05, 3.63) is 29.3 Å². The van der Waals surface area contributed by atoms with Gasteiger partial charge in [-0.2, -0.15) is 0 Å². The first-order valence-electron chi connectivity index (χ1n) is 5.34. The molecule has 0 saturated carbocycles. The number of piperidine rings is 1. The van der Waals surface area contributed by atoms with E-state index in [0.29, 0.717) is 5.92 Å². The fourth-order valence-electron chi connectivity index (χ4n) is 2.09.